The molecule has 0 bridgehead atoms. The molecule has 0 aliphatic carbocycles. The highest BCUT2D eigenvalue weighted by Crippen LogP contribution is 2.45. The quantitative estimate of drug-likeness (QED) is 0.0222. The van der Waals surface area contributed by atoms with Gasteiger partial charge in [0.2, 0.25) is 0 Å². The number of unbranched alkanes of at least 4 members (excludes halogenated alkanes) is 46. The molecule has 0 saturated heterocycles. The highest BCUT2D eigenvalue weighted by atomic mass is 31.2. The summed E-state index contributed by atoms with van der Waals surface area (Å²) >= 11 is 0. The van der Waals surface area contributed by atoms with Crippen LogP contribution in [0.3, 0.4) is 0 Å². The van der Waals surface area contributed by atoms with Gasteiger partial charge in [-0.25, -0.2) is 9.13 Å². The summed E-state index contributed by atoms with van der Waals surface area (Å²) in [7, 11) is -9.93. The maximum absolute atomic E-state index is 13.1. The topological polar surface area (TPSA) is 237 Å². The van der Waals surface area contributed by atoms with E-state index in [9.17, 15) is 43.2 Å². The molecule has 3 unspecified atom stereocenters. The van der Waals surface area contributed by atoms with Crippen molar-refractivity contribution in [1.29, 1.82) is 0 Å². The van der Waals surface area contributed by atoms with Gasteiger partial charge in [-0.2, -0.15) is 0 Å². The van der Waals surface area contributed by atoms with Gasteiger partial charge in [0.15, 0.2) is 12.2 Å². The molecule has 0 aromatic rings. The van der Waals surface area contributed by atoms with Crippen molar-refractivity contribution in [2.75, 3.05) is 39.6 Å². The molecule has 0 saturated carbocycles. The van der Waals surface area contributed by atoms with Crippen LogP contribution in [0.15, 0.2) is 0 Å². The largest absolute Gasteiger partial charge is 0.472 e. The van der Waals surface area contributed by atoms with Crippen LogP contribution < -0.4 is 0 Å². The third kappa shape index (κ3) is 76.6. The molecular formula is C84H164O17P2. The lowest BCUT2D eigenvalue weighted by Crippen LogP contribution is -2.30. The Hall–Kier alpha value is -1.94. The SMILES string of the molecule is CCC(C)CCCCCCCCCCC(=O)OC[C@H](COP(=O)(O)OC[C@H](O)COP(=O)(O)OC[C@@H](COC(=O)CCCCCCCCCCCCCCCCCC(C)C)OC(=O)CCCCCCCCCCCCCCCCCCCCC(C)C)OC(=O)CCCCCCCCCCCC(C)C. The highest BCUT2D eigenvalue weighted by molar-refractivity contribution is 7.47. The van der Waals surface area contributed by atoms with E-state index in [0.717, 1.165) is 114 Å². The fraction of sp³-hybridized carbons (Fsp3) is 0.952. The number of carbonyl (C=O) groups excluding carboxylic acids is 4. The molecular weight excluding hydrogens is 1340 g/mol. The molecule has 0 radical (unpaired) electrons. The van der Waals surface area contributed by atoms with Crippen LogP contribution in [0.5, 0.6) is 0 Å². The van der Waals surface area contributed by atoms with Gasteiger partial charge in [0.25, 0.3) is 0 Å². The molecule has 6 atom stereocenters. The maximum atomic E-state index is 13.1. The normalized spacial score (nSPS) is 14.2. The number of aliphatic hydroxyl groups is 1. The predicted octanol–water partition coefficient (Wildman–Crippen LogP) is 25.2. The van der Waals surface area contributed by atoms with Gasteiger partial charge in [-0.3, -0.25) is 37.3 Å². The first-order chi connectivity index (χ1) is 49.6. The Morgan fingerprint density at radius 1 is 0.272 bits per heavy atom. The second-order valence-corrected chi connectivity index (χ2v) is 34.8. The molecule has 0 aliphatic heterocycles. The Morgan fingerprint density at radius 3 is 0.689 bits per heavy atom. The summed E-state index contributed by atoms with van der Waals surface area (Å²) in [4.78, 5) is 73.1. The van der Waals surface area contributed by atoms with E-state index in [2.05, 4.69) is 55.4 Å². The van der Waals surface area contributed by atoms with E-state index in [1.54, 1.807) is 0 Å². The molecule has 3 N–H and O–H groups in total. The van der Waals surface area contributed by atoms with Gasteiger partial charge in [-0.1, -0.05) is 383 Å². The van der Waals surface area contributed by atoms with Gasteiger partial charge in [0.1, 0.15) is 19.3 Å². The van der Waals surface area contributed by atoms with E-state index in [1.165, 1.54) is 238 Å². The number of phosphoric ester groups is 2. The van der Waals surface area contributed by atoms with Crippen LogP contribution in [0.25, 0.3) is 0 Å². The van der Waals surface area contributed by atoms with Crippen molar-refractivity contribution in [3.05, 3.63) is 0 Å². The fourth-order valence-electron chi connectivity index (χ4n) is 12.9. The number of aliphatic hydroxyl groups excluding tert-OH is 1. The fourth-order valence-corrected chi connectivity index (χ4v) is 14.5. The minimum absolute atomic E-state index is 0.105. The molecule has 0 heterocycles. The van der Waals surface area contributed by atoms with E-state index in [4.69, 9.17) is 37.0 Å². The van der Waals surface area contributed by atoms with E-state index in [-0.39, 0.29) is 25.7 Å². The zero-order chi connectivity index (χ0) is 76.0. The number of hydrogen-bond acceptors (Lipinski definition) is 15. The molecule has 0 rings (SSSR count). The zero-order valence-electron chi connectivity index (χ0n) is 68.0. The smallest absolute Gasteiger partial charge is 0.462 e. The van der Waals surface area contributed by atoms with E-state index >= 15 is 0 Å². The summed E-state index contributed by atoms with van der Waals surface area (Å²) in [5.41, 5.74) is 0. The van der Waals surface area contributed by atoms with Crippen molar-refractivity contribution >= 4 is 39.5 Å². The second kappa shape index (κ2) is 72.9. The highest BCUT2D eigenvalue weighted by Gasteiger charge is 2.30. The number of ether oxygens (including phenoxy) is 4. The summed E-state index contributed by atoms with van der Waals surface area (Å²) in [5, 5.41) is 10.7. The van der Waals surface area contributed by atoms with Gasteiger partial charge < -0.3 is 33.8 Å². The lowest BCUT2D eigenvalue weighted by atomic mass is 9.99. The van der Waals surface area contributed by atoms with Gasteiger partial charge in [-0.05, 0) is 49.4 Å². The van der Waals surface area contributed by atoms with Crippen molar-refractivity contribution in [2.24, 2.45) is 23.7 Å². The molecule has 0 aromatic heterocycles. The van der Waals surface area contributed by atoms with E-state index in [1.807, 2.05) is 0 Å². The molecule has 0 aromatic carbocycles. The van der Waals surface area contributed by atoms with Crippen LogP contribution >= 0.6 is 15.6 Å². The second-order valence-electron chi connectivity index (χ2n) is 31.9. The molecule has 0 spiro atoms. The van der Waals surface area contributed by atoms with Crippen molar-refractivity contribution in [3.63, 3.8) is 0 Å². The number of esters is 4. The third-order valence-electron chi connectivity index (χ3n) is 19.9. The molecule has 0 fully saturated rings. The van der Waals surface area contributed by atoms with Crippen LogP contribution in [0, 0.1) is 23.7 Å². The molecule has 612 valence electrons. The van der Waals surface area contributed by atoms with Gasteiger partial charge in [-0.15, -0.1) is 0 Å². The maximum Gasteiger partial charge on any atom is 0.472 e. The lowest BCUT2D eigenvalue weighted by Gasteiger charge is -2.21. The van der Waals surface area contributed by atoms with E-state index in [0.29, 0.717) is 25.7 Å². The summed E-state index contributed by atoms with van der Waals surface area (Å²) < 4.78 is 68.8. The van der Waals surface area contributed by atoms with Crippen LogP contribution in [-0.2, 0) is 65.4 Å². The average molecular weight is 1510 g/mol. The Kier molecular flexibility index (Phi) is 71.5. The first kappa shape index (κ1) is 101. The minimum atomic E-state index is -4.97. The monoisotopic (exact) mass is 1510 g/mol. The van der Waals surface area contributed by atoms with Crippen molar-refractivity contribution in [2.45, 2.75) is 453 Å². The van der Waals surface area contributed by atoms with Crippen LogP contribution in [0.4, 0.5) is 0 Å². The number of hydrogen-bond donors (Lipinski definition) is 3. The van der Waals surface area contributed by atoms with Crippen LogP contribution in [0.1, 0.15) is 434 Å². The molecule has 0 aliphatic rings. The Morgan fingerprint density at radius 2 is 0.466 bits per heavy atom. The van der Waals surface area contributed by atoms with Gasteiger partial charge in [0.05, 0.1) is 26.4 Å². The van der Waals surface area contributed by atoms with Crippen LogP contribution in [0.2, 0.25) is 0 Å². The summed E-state index contributed by atoms with van der Waals surface area (Å²) in [5.74, 6) is 1.03. The lowest BCUT2D eigenvalue weighted by molar-refractivity contribution is -0.161. The number of phosphoric acid groups is 2. The van der Waals surface area contributed by atoms with E-state index < -0.39 is 97.5 Å². The Balaban J connectivity index is 5.24. The summed E-state index contributed by atoms with van der Waals surface area (Å²) in [6.45, 7) is 14.3. The number of rotatable bonds is 81. The van der Waals surface area contributed by atoms with Gasteiger partial charge >= 0.3 is 39.5 Å². The first-order valence-electron chi connectivity index (χ1n) is 43.2. The first-order valence-corrected chi connectivity index (χ1v) is 46.2. The van der Waals surface area contributed by atoms with Crippen molar-refractivity contribution in [1.82, 2.24) is 0 Å². The minimum Gasteiger partial charge on any atom is -0.462 e. The average Bonchev–Trinajstić information content (AvgIpc) is 0.912. The molecule has 17 nitrogen and oxygen atoms in total. The van der Waals surface area contributed by atoms with Crippen molar-refractivity contribution in [3.8, 4) is 0 Å². The number of carbonyl (C=O) groups is 4. The predicted molar refractivity (Wildman–Crippen MR) is 423 cm³/mol. The Labute approximate surface area is 632 Å². The summed E-state index contributed by atoms with van der Waals surface area (Å²) in [6.07, 6.45) is 61.1. The zero-order valence-corrected chi connectivity index (χ0v) is 69.7. The van der Waals surface area contributed by atoms with Crippen LogP contribution in [-0.4, -0.2) is 96.7 Å². The summed E-state index contributed by atoms with van der Waals surface area (Å²) in [6, 6.07) is 0. The van der Waals surface area contributed by atoms with Gasteiger partial charge in [0, 0.05) is 25.7 Å². The Bertz CT molecular complexity index is 2010. The van der Waals surface area contributed by atoms with Crippen molar-refractivity contribution < 1.29 is 80.2 Å². The molecule has 103 heavy (non-hydrogen) atoms. The third-order valence-corrected chi connectivity index (χ3v) is 21.8. The molecule has 19 heteroatoms. The molecule has 0 amide bonds. The standard InChI is InChI=1S/C84H164O17P2/c1-9-77(8)63-55-47-39-34-35-41-49-57-65-82(87)95-71-80(101-84(89)67-59-51-43-33-27-30-38-46-54-62-76(6)7)73-99-103(92,93)97-69-78(85)68-96-102(90,91)98-72-79(70-94-81(86)64-56-48-40-31-25-21-18-14-16-20-24-29-37-45-53-61-75(4)5)100-83(88)66-58-50-42-32-26-22-17-13-11-10-12-15-19-23-28-36-44-52-60-74(2)3/h74-80,85H,9-73H2,1-8H3,(H,90,91)(H,92,93)/t77?,78-,79-,80-/m1/s1.